The molecule has 0 spiro atoms. The van der Waals surface area contributed by atoms with Crippen molar-refractivity contribution in [3.63, 3.8) is 0 Å². The van der Waals surface area contributed by atoms with Crippen molar-refractivity contribution in [3.05, 3.63) is 121 Å². The van der Waals surface area contributed by atoms with Crippen molar-refractivity contribution in [2.45, 2.75) is 0 Å². The highest BCUT2D eigenvalue weighted by atomic mass is 14.2. The maximum absolute atomic E-state index is 2.33. The van der Waals surface area contributed by atoms with E-state index in [-0.39, 0.29) is 0 Å². The molecule has 140 valence electrons. The van der Waals surface area contributed by atoms with Gasteiger partial charge in [-0.25, -0.2) is 0 Å². The Hall–Kier alpha value is -3.90. The predicted molar refractivity (Wildman–Crippen MR) is 130 cm³/mol. The van der Waals surface area contributed by atoms with Gasteiger partial charge in [0.2, 0.25) is 0 Å². The van der Waals surface area contributed by atoms with Crippen LogP contribution in [0.15, 0.2) is 121 Å². The van der Waals surface area contributed by atoms with E-state index in [1.54, 1.807) is 0 Å². The van der Waals surface area contributed by atoms with Crippen molar-refractivity contribution in [3.8, 4) is 22.3 Å². The normalized spacial score (nSPS) is 11.3. The largest absolute Gasteiger partial charge is 0.0622 e. The molecule has 0 bridgehead atoms. The zero-order valence-corrected chi connectivity index (χ0v) is 16.5. The van der Waals surface area contributed by atoms with E-state index < -0.39 is 0 Å². The molecule has 0 saturated carbocycles. The molecule has 0 radical (unpaired) electrons. The minimum atomic E-state index is 1.26. The third-order valence-corrected chi connectivity index (χ3v) is 6.03. The fraction of sp³-hybridized carbons (Fsp3) is 0. The Morgan fingerprint density at radius 2 is 0.967 bits per heavy atom. The molecule has 0 atom stereocenters. The smallest absolute Gasteiger partial charge is 0.00201 e. The predicted octanol–water partition coefficient (Wildman–Crippen LogP) is 8.48. The van der Waals surface area contributed by atoms with E-state index in [1.807, 2.05) is 0 Å². The topological polar surface area (TPSA) is 0 Å². The summed E-state index contributed by atoms with van der Waals surface area (Å²) in [6.07, 6.45) is 0. The van der Waals surface area contributed by atoms with E-state index in [0.29, 0.717) is 0 Å². The number of hydrogen-bond donors (Lipinski definition) is 0. The summed E-state index contributed by atoms with van der Waals surface area (Å²) in [4.78, 5) is 0. The van der Waals surface area contributed by atoms with Gasteiger partial charge in [-0.3, -0.25) is 0 Å². The first-order valence-electron chi connectivity index (χ1n) is 10.4. The van der Waals surface area contributed by atoms with Crippen molar-refractivity contribution in [1.82, 2.24) is 0 Å². The van der Waals surface area contributed by atoms with E-state index in [4.69, 9.17) is 0 Å². The molecule has 6 aromatic rings. The van der Waals surface area contributed by atoms with Gasteiger partial charge < -0.3 is 0 Å². The third-order valence-electron chi connectivity index (χ3n) is 6.03. The summed E-state index contributed by atoms with van der Waals surface area (Å²) in [6, 6.07) is 43.8. The molecule has 0 nitrogen and oxygen atoms in total. The average Bonchev–Trinajstić information content (AvgIpc) is 2.82. The molecule has 0 heterocycles. The molecular formula is C30H20. The minimum Gasteiger partial charge on any atom is -0.0622 e. The number of rotatable bonds is 2. The molecule has 6 aromatic carbocycles. The summed E-state index contributed by atoms with van der Waals surface area (Å²) in [5.74, 6) is 0. The first kappa shape index (κ1) is 17.0. The lowest BCUT2D eigenvalue weighted by atomic mass is 9.86. The quantitative estimate of drug-likeness (QED) is 0.264. The zero-order chi connectivity index (χ0) is 19.9. The van der Waals surface area contributed by atoms with Crippen LogP contribution in [-0.4, -0.2) is 0 Å². The highest BCUT2D eigenvalue weighted by Crippen LogP contribution is 2.42. The van der Waals surface area contributed by atoms with Gasteiger partial charge >= 0.3 is 0 Å². The van der Waals surface area contributed by atoms with Crippen LogP contribution in [0.1, 0.15) is 0 Å². The second kappa shape index (κ2) is 6.86. The van der Waals surface area contributed by atoms with Crippen LogP contribution in [0.3, 0.4) is 0 Å². The Morgan fingerprint density at radius 3 is 1.80 bits per heavy atom. The van der Waals surface area contributed by atoms with E-state index in [1.165, 1.54) is 54.6 Å². The van der Waals surface area contributed by atoms with Crippen LogP contribution in [0.4, 0.5) is 0 Å². The van der Waals surface area contributed by atoms with Crippen LogP contribution in [0.5, 0.6) is 0 Å². The first-order valence-corrected chi connectivity index (χ1v) is 10.4. The van der Waals surface area contributed by atoms with Crippen molar-refractivity contribution in [1.29, 1.82) is 0 Å². The van der Waals surface area contributed by atoms with E-state index in [0.717, 1.165) is 0 Å². The van der Waals surface area contributed by atoms with E-state index in [2.05, 4.69) is 121 Å². The Kier molecular flexibility index (Phi) is 3.89. The zero-order valence-electron chi connectivity index (χ0n) is 16.5. The highest BCUT2D eigenvalue weighted by molar-refractivity contribution is 6.19. The van der Waals surface area contributed by atoms with Gasteiger partial charge in [0.1, 0.15) is 0 Å². The summed E-state index contributed by atoms with van der Waals surface area (Å²) < 4.78 is 0. The third kappa shape index (κ3) is 2.62. The Balaban J connectivity index is 1.82. The highest BCUT2D eigenvalue weighted by Gasteiger charge is 2.15. The molecule has 0 aromatic heterocycles. The standard InChI is InChI=1S/C30H20/c1-2-11-22(12-3-1)29-26-17-7-5-13-23(26)20-24-15-9-19-28(30(24)29)27-18-8-14-21-10-4-6-16-25(21)27/h1-20H. The SMILES string of the molecule is c1ccc(-c2c3ccccc3cc3cccc(-c4cccc5ccccc45)c23)cc1. The maximum atomic E-state index is 2.33. The molecule has 6 rings (SSSR count). The van der Waals surface area contributed by atoms with Gasteiger partial charge in [0.15, 0.2) is 0 Å². The second-order valence-corrected chi connectivity index (χ2v) is 7.77. The lowest BCUT2D eigenvalue weighted by Crippen LogP contribution is -1.90. The van der Waals surface area contributed by atoms with Gasteiger partial charge in [0.25, 0.3) is 0 Å². The summed E-state index contributed by atoms with van der Waals surface area (Å²) in [5, 5.41) is 7.73. The fourth-order valence-corrected chi connectivity index (χ4v) is 4.71. The van der Waals surface area contributed by atoms with Crippen LogP contribution in [0, 0.1) is 0 Å². The van der Waals surface area contributed by atoms with Crippen molar-refractivity contribution in [2.24, 2.45) is 0 Å². The molecule has 0 aliphatic carbocycles. The summed E-state index contributed by atoms with van der Waals surface area (Å²) in [7, 11) is 0. The molecule has 0 fully saturated rings. The first-order chi connectivity index (χ1) is 14.9. The molecule has 30 heavy (non-hydrogen) atoms. The molecule has 0 heteroatoms. The van der Waals surface area contributed by atoms with Gasteiger partial charge in [-0.2, -0.15) is 0 Å². The van der Waals surface area contributed by atoms with Gasteiger partial charge in [0.05, 0.1) is 0 Å². The van der Waals surface area contributed by atoms with E-state index >= 15 is 0 Å². The monoisotopic (exact) mass is 380 g/mol. The molecule has 0 aliphatic rings. The molecule has 0 aliphatic heterocycles. The van der Waals surface area contributed by atoms with Crippen LogP contribution >= 0.6 is 0 Å². The van der Waals surface area contributed by atoms with Crippen LogP contribution in [0.2, 0.25) is 0 Å². The van der Waals surface area contributed by atoms with Crippen LogP contribution in [-0.2, 0) is 0 Å². The van der Waals surface area contributed by atoms with Gasteiger partial charge in [-0.15, -0.1) is 0 Å². The summed E-state index contributed by atoms with van der Waals surface area (Å²) in [5.41, 5.74) is 5.14. The van der Waals surface area contributed by atoms with Gasteiger partial charge in [0, 0.05) is 0 Å². The van der Waals surface area contributed by atoms with Crippen molar-refractivity contribution in [2.75, 3.05) is 0 Å². The molecular weight excluding hydrogens is 360 g/mol. The number of fused-ring (bicyclic) bond motifs is 3. The molecule has 0 saturated heterocycles. The molecule has 0 unspecified atom stereocenters. The average molecular weight is 380 g/mol. The lowest BCUT2D eigenvalue weighted by molar-refractivity contribution is 1.66. The number of benzene rings is 6. The van der Waals surface area contributed by atoms with E-state index in [9.17, 15) is 0 Å². The minimum absolute atomic E-state index is 1.26. The van der Waals surface area contributed by atoms with Crippen molar-refractivity contribution >= 4 is 32.3 Å². The Morgan fingerprint density at radius 1 is 0.367 bits per heavy atom. The Labute approximate surface area is 176 Å². The Bertz CT molecular complexity index is 1520. The molecule has 0 amide bonds. The van der Waals surface area contributed by atoms with Crippen LogP contribution < -0.4 is 0 Å². The fourth-order valence-electron chi connectivity index (χ4n) is 4.71. The van der Waals surface area contributed by atoms with Crippen molar-refractivity contribution < 1.29 is 0 Å². The number of hydrogen-bond acceptors (Lipinski definition) is 0. The lowest BCUT2D eigenvalue weighted by Gasteiger charge is -2.17. The second-order valence-electron chi connectivity index (χ2n) is 7.77. The summed E-state index contributed by atoms with van der Waals surface area (Å²) >= 11 is 0. The van der Waals surface area contributed by atoms with Gasteiger partial charge in [-0.1, -0.05) is 115 Å². The summed E-state index contributed by atoms with van der Waals surface area (Å²) in [6.45, 7) is 0. The van der Waals surface area contributed by atoms with Crippen LogP contribution in [0.25, 0.3) is 54.6 Å². The molecule has 0 N–H and O–H groups in total. The maximum Gasteiger partial charge on any atom is -0.00201 e. The van der Waals surface area contributed by atoms with Gasteiger partial charge in [-0.05, 0) is 60.6 Å².